The first kappa shape index (κ1) is 12.4. The Morgan fingerprint density at radius 1 is 1.12 bits per heavy atom. The molecule has 1 heterocycles. The third kappa shape index (κ3) is 3.85. The van der Waals surface area contributed by atoms with E-state index in [1.165, 1.54) is 12.2 Å². The van der Waals surface area contributed by atoms with Gasteiger partial charge in [-0.25, -0.2) is 0 Å². The van der Waals surface area contributed by atoms with Crippen molar-refractivity contribution in [1.29, 1.82) is 0 Å². The molecule has 0 aromatic rings. The topological polar surface area (TPSA) is 55.8 Å². The van der Waals surface area contributed by atoms with Gasteiger partial charge in [0.15, 0.2) is 0 Å². The summed E-state index contributed by atoms with van der Waals surface area (Å²) < 4.78 is 10.1. The Hall–Kier alpha value is -1.64. The zero-order valence-electron chi connectivity index (χ0n) is 8.85. The normalized spacial score (nSPS) is 14.6. The van der Waals surface area contributed by atoms with Crippen molar-refractivity contribution in [3.63, 3.8) is 0 Å². The van der Waals surface area contributed by atoms with Crippen LogP contribution in [0.5, 0.6) is 0 Å². The number of hydrogen-bond acceptors (Lipinski definition) is 4. The summed E-state index contributed by atoms with van der Waals surface area (Å²) in [5, 5.41) is 0. The van der Waals surface area contributed by atoms with Crippen LogP contribution in [-0.4, -0.2) is 49.7 Å². The van der Waals surface area contributed by atoms with Crippen molar-refractivity contribution in [2.24, 2.45) is 0 Å². The molecule has 1 aliphatic rings. The predicted molar refractivity (Wildman–Crippen MR) is 56.3 cm³/mol. The second-order valence-corrected chi connectivity index (χ2v) is 3.03. The van der Waals surface area contributed by atoms with Gasteiger partial charge in [-0.3, -0.25) is 14.5 Å². The van der Waals surface area contributed by atoms with Crippen molar-refractivity contribution in [3.05, 3.63) is 12.2 Å². The molecule has 0 aliphatic carbocycles. The Morgan fingerprint density at radius 2 is 1.75 bits per heavy atom. The van der Waals surface area contributed by atoms with Gasteiger partial charge in [0.25, 0.3) is 11.8 Å². The smallest absolute Gasteiger partial charge is 0.253 e. The van der Waals surface area contributed by atoms with Crippen LogP contribution in [0.4, 0.5) is 0 Å². The summed E-state index contributed by atoms with van der Waals surface area (Å²) in [6.45, 7) is 1.63. The molecule has 0 spiro atoms. The van der Waals surface area contributed by atoms with E-state index in [0.717, 1.165) is 4.90 Å². The Bertz CT molecular complexity index is 311. The summed E-state index contributed by atoms with van der Waals surface area (Å²) in [7, 11) is 0. The lowest BCUT2D eigenvalue weighted by Gasteiger charge is -2.13. The molecular formula is C11H13NO4. The summed E-state index contributed by atoms with van der Waals surface area (Å²) in [4.78, 5) is 23.3. The van der Waals surface area contributed by atoms with E-state index < -0.39 is 0 Å². The van der Waals surface area contributed by atoms with E-state index >= 15 is 0 Å². The standard InChI is InChI=1S/C11H13NO4/c1-2-6-15-8-9-16-7-5-12-10(13)3-4-11(12)14/h1,3-4H,5-9H2. The first-order chi connectivity index (χ1) is 7.75. The van der Waals surface area contributed by atoms with E-state index in [2.05, 4.69) is 5.92 Å². The maximum Gasteiger partial charge on any atom is 0.253 e. The fourth-order valence-electron chi connectivity index (χ4n) is 1.16. The number of ether oxygens (including phenoxy) is 2. The third-order valence-corrected chi connectivity index (χ3v) is 1.92. The number of carbonyl (C=O) groups excluding carboxylic acids is 2. The fourth-order valence-corrected chi connectivity index (χ4v) is 1.16. The molecule has 0 N–H and O–H groups in total. The highest BCUT2D eigenvalue weighted by atomic mass is 16.5. The molecule has 1 aliphatic heterocycles. The maximum absolute atomic E-state index is 11.1. The van der Waals surface area contributed by atoms with Gasteiger partial charge in [0.1, 0.15) is 6.61 Å². The molecular weight excluding hydrogens is 210 g/mol. The van der Waals surface area contributed by atoms with Crippen LogP contribution in [0.2, 0.25) is 0 Å². The van der Waals surface area contributed by atoms with E-state index in [-0.39, 0.29) is 25.0 Å². The molecule has 5 nitrogen and oxygen atoms in total. The highest BCUT2D eigenvalue weighted by Crippen LogP contribution is 2.02. The van der Waals surface area contributed by atoms with Crippen LogP contribution in [0.15, 0.2) is 12.2 Å². The van der Waals surface area contributed by atoms with Crippen molar-refractivity contribution < 1.29 is 19.1 Å². The van der Waals surface area contributed by atoms with E-state index in [1.54, 1.807) is 0 Å². The van der Waals surface area contributed by atoms with Crippen LogP contribution in [0, 0.1) is 12.3 Å². The highest BCUT2D eigenvalue weighted by molar-refractivity contribution is 6.12. The van der Waals surface area contributed by atoms with Crippen molar-refractivity contribution in [2.75, 3.05) is 33.0 Å². The molecule has 0 saturated heterocycles. The van der Waals surface area contributed by atoms with Gasteiger partial charge >= 0.3 is 0 Å². The van der Waals surface area contributed by atoms with Gasteiger partial charge in [-0.1, -0.05) is 5.92 Å². The van der Waals surface area contributed by atoms with Crippen molar-refractivity contribution in [2.45, 2.75) is 0 Å². The lowest BCUT2D eigenvalue weighted by atomic mass is 10.5. The quantitative estimate of drug-likeness (QED) is 0.334. The highest BCUT2D eigenvalue weighted by Gasteiger charge is 2.22. The maximum atomic E-state index is 11.1. The summed E-state index contributed by atoms with van der Waals surface area (Å²) in [6.07, 6.45) is 7.48. The summed E-state index contributed by atoms with van der Waals surface area (Å²) in [6, 6.07) is 0. The number of amides is 2. The fraction of sp³-hybridized carbons (Fsp3) is 0.455. The Balaban J connectivity index is 2.02. The van der Waals surface area contributed by atoms with Gasteiger partial charge in [0.05, 0.1) is 26.4 Å². The number of nitrogens with zero attached hydrogens (tertiary/aromatic N) is 1. The van der Waals surface area contributed by atoms with Crippen LogP contribution in [0.25, 0.3) is 0 Å². The first-order valence-corrected chi connectivity index (χ1v) is 4.88. The summed E-state index contributed by atoms with van der Waals surface area (Å²) >= 11 is 0. The molecule has 0 radical (unpaired) electrons. The minimum Gasteiger partial charge on any atom is -0.377 e. The van der Waals surface area contributed by atoms with Crippen LogP contribution in [0.3, 0.4) is 0 Å². The van der Waals surface area contributed by atoms with E-state index in [1.807, 2.05) is 0 Å². The van der Waals surface area contributed by atoms with Gasteiger partial charge in [-0.15, -0.1) is 6.42 Å². The molecule has 0 aromatic heterocycles. The zero-order valence-corrected chi connectivity index (χ0v) is 8.85. The Morgan fingerprint density at radius 3 is 2.38 bits per heavy atom. The predicted octanol–water partition coefficient (Wildman–Crippen LogP) is -0.422. The molecule has 5 heteroatoms. The SMILES string of the molecule is C#CCOCCOCCN1C(=O)C=CC1=O. The lowest BCUT2D eigenvalue weighted by Crippen LogP contribution is -2.33. The summed E-state index contributed by atoms with van der Waals surface area (Å²) in [5.41, 5.74) is 0. The average molecular weight is 223 g/mol. The zero-order chi connectivity index (χ0) is 11.8. The molecule has 2 amide bonds. The lowest BCUT2D eigenvalue weighted by molar-refractivity contribution is -0.137. The number of imide groups is 1. The molecule has 0 fully saturated rings. The van der Waals surface area contributed by atoms with Crippen LogP contribution in [0.1, 0.15) is 0 Å². The second kappa shape index (κ2) is 6.77. The van der Waals surface area contributed by atoms with Gasteiger partial charge in [-0.2, -0.15) is 0 Å². The van der Waals surface area contributed by atoms with Crippen LogP contribution >= 0.6 is 0 Å². The van der Waals surface area contributed by atoms with Crippen LogP contribution in [-0.2, 0) is 19.1 Å². The average Bonchev–Trinajstić information content (AvgIpc) is 2.59. The third-order valence-electron chi connectivity index (χ3n) is 1.92. The molecule has 0 aromatic carbocycles. The van der Waals surface area contributed by atoms with Crippen LogP contribution < -0.4 is 0 Å². The molecule has 0 unspecified atom stereocenters. The molecule has 0 saturated carbocycles. The summed E-state index contributed by atoms with van der Waals surface area (Å²) in [5.74, 6) is 1.74. The van der Waals surface area contributed by atoms with Gasteiger partial charge in [-0.05, 0) is 0 Å². The first-order valence-electron chi connectivity index (χ1n) is 4.88. The van der Waals surface area contributed by atoms with E-state index in [9.17, 15) is 9.59 Å². The molecule has 0 bridgehead atoms. The Labute approximate surface area is 94.0 Å². The minimum absolute atomic E-state index is 0.260. The minimum atomic E-state index is -0.294. The second-order valence-electron chi connectivity index (χ2n) is 3.03. The van der Waals surface area contributed by atoms with E-state index in [0.29, 0.717) is 19.8 Å². The number of rotatable bonds is 7. The molecule has 1 rings (SSSR count). The van der Waals surface area contributed by atoms with Crippen molar-refractivity contribution in [3.8, 4) is 12.3 Å². The van der Waals surface area contributed by atoms with E-state index in [4.69, 9.17) is 15.9 Å². The van der Waals surface area contributed by atoms with Gasteiger partial charge in [0, 0.05) is 12.2 Å². The number of carbonyl (C=O) groups is 2. The van der Waals surface area contributed by atoms with Gasteiger partial charge < -0.3 is 9.47 Å². The number of hydrogen-bond donors (Lipinski definition) is 0. The van der Waals surface area contributed by atoms with Gasteiger partial charge in [0.2, 0.25) is 0 Å². The largest absolute Gasteiger partial charge is 0.377 e. The molecule has 86 valence electrons. The number of terminal acetylenes is 1. The monoisotopic (exact) mass is 223 g/mol. The van der Waals surface area contributed by atoms with Crippen molar-refractivity contribution in [1.82, 2.24) is 4.90 Å². The molecule has 0 atom stereocenters. The molecule has 16 heavy (non-hydrogen) atoms. The Kier molecular flexibility index (Phi) is 5.26. The van der Waals surface area contributed by atoms with Crippen molar-refractivity contribution >= 4 is 11.8 Å².